The lowest BCUT2D eigenvalue weighted by Crippen LogP contribution is -2.18. The third-order valence-electron chi connectivity index (χ3n) is 2.63. The largest absolute Gasteiger partial charge is 0.494 e. The van der Waals surface area contributed by atoms with E-state index in [-0.39, 0.29) is 0 Å². The van der Waals surface area contributed by atoms with Gasteiger partial charge in [0.1, 0.15) is 5.75 Å². The molecular formula is C14H23NO. The fraction of sp³-hybridized carbons (Fsp3) is 0.571. The smallest absolute Gasteiger partial charge is 0.119 e. The van der Waals surface area contributed by atoms with Crippen LogP contribution in [0.4, 0.5) is 0 Å². The van der Waals surface area contributed by atoms with Crippen LogP contribution in [-0.2, 0) is 0 Å². The van der Waals surface area contributed by atoms with Gasteiger partial charge in [-0.05, 0) is 44.2 Å². The van der Waals surface area contributed by atoms with E-state index in [1.807, 2.05) is 30.3 Å². The van der Waals surface area contributed by atoms with E-state index >= 15 is 0 Å². The molecule has 1 aromatic carbocycles. The highest BCUT2D eigenvalue weighted by Gasteiger charge is 2.04. The molecule has 0 aliphatic rings. The summed E-state index contributed by atoms with van der Waals surface area (Å²) < 4.78 is 5.63. The van der Waals surface area contributed by atoms with Gasteiger partial charge in [0.25, 0.3) is 0 Å². The standard InChI is InChI=1S/C14H23NO/c1-12(11-13(2)15)7-6-10-16-14-8-4-3-5-9-14/h3-5,8-9,12-13H,6-7,10-11,15H2,1-2H3. The first-order valence-corrected chi connectivity index (χ1v) is 6.12. The highest BCUT2D eigenvalue weighted by Crippen LogP contribution is 2.13. The van der Waals surface area contributed by atoms with Gasteiger partial charge in [0.05, 0.1) is 6.61 Å². The lowest BCUT2D eigenvalue weighted by atomic mass is 9.98. The number of para-hydroxylation sites is 1. The van der Waals surface area contributed by atoms with Gasteiger partial charge in [0.15, 0.2) is 0 Å². The van der Waals surface area contributed by atoms with Crippen molar-refractivity contribution in [2.45, 2.75) is 39.2 Å². The molecule has 0 aromatic heterocycles. The van der Waals surface area contributed by atoms with Crippen molar-refractivity contribution >= 4 is 0 Å². The monoisotopic (exact) mass is 221 g/mol. The minimum atomic E-state index is 0.310. The third kappa shape index (κ3) is 5.76. The van der Waals surface area contributed by atoms with Crippen LogP contribution in [0.15, 0.2) is 30.3 Å². The Morgan fingerprint density at radius 3 is 2.50 bits per heavy atom. The fourth-order valence-corrected chi connectivity index (χ4v) is 1.89. The number of hydrogen-bond acceptors (Lipinski definition) is 2. The van der Waals surface area contributed by atoms with Crippen LogP contribution in [-0.4, -0.2) is 12.6 Å². The maximum Gasteiger partial charge on any atom is 0.119 e. The molecule has 0 saturated heterocycles. The zero-order valence-electron chi connectivity index (χ0n) is 10.4. The Morgan fingerprint density at radius 2 is 1.88 bits per heavy atom. The first-order valence-electron chi connectivity index (χ1n) is 6.12. The molecule has 2 unspecified atom stereocenters. The predicted molar refractivity (Wildman–Crippen MR) is 68.6 cm³/mol. The lowest BCUT2D eigenvalue weighted by molar-refractivity contribution is 0.290. The molecule has 0 heterocycles. The Morgan fingerprint density at radius 1 is 1.19 bits per heavy atom. The second-order valence-electron chi connectivity index (χ2n) is 4.62. The van der Waals surface area contributed by atoms with Gasteiger partial charge in [-0.3, -0.25) is 0 Å². The molecule has 1 aromatic rings. The van der Waals surface area contributed by atoms with Crippen LogP contribution >= 0.6 is 0 Å². The molecule has 0 saturated carbocycles. The van der Waals surface area contributed by atoms with Gasteiger partial charge in [-0.1, -0.05) is 25.1 Å². The lowest BCUT2D eigenvalue weighted by Gasteiger charge is -2.13. The topological polar surface area (TPSA) is 35.2 Å². The number of hydrogen-bond donors (Lipinski definition) is 1. The van der Waals surface area contributed by atoms with Crippen LogP contribution in [0.3, 0.4) is 0 Å². The van der Waals surface area contributed by atoms with E-state index in [2.05, 4.69) is 13.8 Å². The second-order valence-corrected chi connectivity index (χ2v) is 4.62. The molecule has 0 radical (unpaired) electrons. The second kappa shape index (κ2) is 7.29. The third-order valence-corrected chi connectivity index (χ3v) is 2.63. The van der Waals surface area contributed by atoms with Crippen LogP contribution in [0.5, 0.6) is 5.75 Å². The minimum Gasteiger partial charge on any atom is -0.494 e. The van der Waals surface area contributed by atoms with Crippen LogP contribution in [0.25, 0.3) is 0 Å². The molecule has 0 aliphatic heterocycles. The Hall–Kier alpha value is -1.02. The summed E-state index contributed by atoms with van der Waals surface area (Å²) in [7, 11) is 0. The summed E-state index contributed by atoms with van der Waals surface area (Å²) in [6.07, 6.45) is 3.39. The van der Waals surface area contributed by atoms with Gasteiger partial charge >= 0.3 is 0 Å². The maximum absolute atomic E-state index is 5.76. The van der Waals surface area contributed by atoms with E-state index in [1.54, 1.807) is 0 Å². The van der Waals surface area contributed by atoms with Crippen LogP contribution in [0.1, 0.15) is 33.1 Å². The summed E-state index contributed by atoms with van der Waals surface area (Å²) in [4.78, 5) is 0. The number of rotatable bonds is 7. The average Bonchev–Trinajstić information content (AvgIpc) is 2.25. The normalized spacial score (nSPS) is 14.4. The van der Waals surface area contributed by atoms with Crippen molar-refractivity contribution in [1.29, 1.82) is 0 Å². The van der Waals surface area contributed by atoms with Crippen molar-refractivity contribution in [3.05, 3.63) is 30.3 Å². The Labute approximate surface area is 98.8 Å². The molecule has 90 valence electrons. The number of nitrogens with two attached hydrogens (primary N) is 1. The van der Waals surface area contributed by atoms with Crippen molar-refractivity contribution < 1.29 is 4.74 Å². The molecular weight excluding hydrogens is 198 g/mol. The molecule has 2 atom stereocenters. The molecule has 0 amide bonds. The van der Waals surface area contributed by atoms with Gasteiger partial charge in [0.2, 0.25) is 0 Å². The van der Waals surface area contributed by atoms with Crippen molar-refractivity contribution in [2.75, 3.05) is 6.61 Å². The highest BCUT2D eigenvalue weighted by molar-refractivity contribution is 5.20. The minimum absolute atomic E-state index is 0.310. The molecule has 0 aliphatic carbocycles. The van der Waals surface area contributed by atoms with Crippen LogP contribution in [0.2, 0.25) is 0 Å². The molecule has 0 spiro atoms. The van der Waals surface area contributed by atoms with Crippen molar-refractivity contribution in [1.82, 2.24) is 0 Å². The SMILES string of the molecule is CC(N)CC(C)CCCOc1ccccc1. The van der Waals surface area contributed by atoms with E-state index in [0.29, 0.717) is 12.0 Å². The number of ether oxygens (including phenoxy) is 1. The molecule has 2 nitrogen and oxygen atoms in total. The van der Waals surface area contributed by atoms with Crippen molar-refractivity contribution in [2.24, 2.45) is 11.7 Å². The van der Waals surface area contributed by atoms with Gasteiger partial charge in [-0.25, -0.2) is 0 Å². The zero-order valence-corrected chi connectivity index (χ0v) is 10.4. The van der Waals surface area contributed by atoms with Crippen molar-refractivity contribution in [3.63, 3.8) is 0 Å². The van der Waals surface area contributed by atoms with E-state index < -0.39 is 0 Å². The zero-order chi connectivity index (χ0) is 11.8. The van der Waals surface area contributed by atoms with E-state index in [9.17, 15) is 0 Å². The Kier molecular flexibility index (Phi) is 5.94. The molecule has 2 heteroatoms. The maximum atomic E-state index is 5.76. The summed E-state index contributed by atoms with van der Waals surface area (Å²) in [6.45, 7) is 5.12. The summed E-state index contributed by atoms with van der Waals surface area (Å²) in [5.41, 5.74) is 5.76. The molecule has 0 bridgehead atoms. The van der Waals surface area contributed by atoms with Crippen LogP contribution in [0, 0.1) is 5.92 Å². The van der Waals surface area contributed by atoms with Gasteiger partial charge in [-0.2, -0.15) is 0 Å². The van der Waals surface area contributed by atoms with Crippen molar-refractivity contribution in [3.8, 4) is 5.75 Å². The Balaban J connectivity index is 2.08. The van der Waals surface area contributed by atoms with Crippen LogP contribution < -0.4 is 10.5 Å². The molecule has 16 heavy (non-hydrogen) atoms. The summed E-state index contributed by atoms with van der Waals surface area (Å²) in [5.74, 6) is 1.65. The van der Waals surface area contributed by atoms with E-state index in [4.69, 9.17) is 10.5 Å². The summed E-state index contributed by atoms with van der Waals surface area (Å²) >= 11 is 0. The van der Waals surface area contributed by atoms with Gasteiger partial charge in [-0.15, -0.1) is 0 Å². The molecule has 0 fully saturated rings. The summed E-state index contributed by atoms with van der Waals surface area (Å²) in [5, 5.41) is 0. The van der Waals surface area contributed by atoms with E-state index in [1.165, 1.54) is 6.42 Å². The van der Waals surface area contributed by atoms with Gasteiger partial charge in [0, 0.05) is 6.04 Å². The fourth-order valence-electron chi connectivity index (χ4n) is 1.89. The predicted octanol–water partition coefficient (Wildman–Crippen LogP) is 3.22. The van der Waals surface area contributed by atoms with E-state index in [0.717, 1.165) is 25.2 Å². The average molecular weight is 221 g/mol. The highest BCUT2D eigenvalue weighted by atomic mass is 16.5. The quantitative estimate of drug-likeness (QED) is 0.717. The Bertz CT molecular complexity index is 271. The first kappa shape index (κ1) is 13.0. The molecule has 2 N–H and O–H groups in total. The summed E-state index contributed by atoms with van der Waals surface area (Å²) in [6, 6.07) is 10.3. The number of benzene rings is 1. The van der Waals surface area contributed by atoms with Gasteiger partial charge < -0.3 is 10.5 Å². The molecule has 1 rings (SSSR count). The first-order chi connectivity index (χ1) is 7.68.